The Balaban J connectivity index is 0. The first-order chi connectivity index (χ1) is 8.24. The molecule has 0 aliphatic heterocycles. The lowest BCUT2D eigenvalue weighted by atomic mass is 10.4. The molecule has 4 nitrogen and oxygen atoms in total. The highest BCUT2D eigenvalue weighted by Crippen LogP contribution is 1.98. The van der Waals surface area contributed by atoms with Crippen LogP contribution < -0.4 is 10.6 Å². The summed E-state index contributed by atoms with van der Waals surface area (Å²) in [6, 6.07) is 0.263. The van der Waals surface area contributed by atoms with Crippen molar-refractivity contribution in [1.29, 1.82) is 0 Å². The van der Waals surface area contributed by atoms with Gasteiger partial charge in [-0.25, -0.2) is 0 Å². The van der Waals surface area contributed by atoms with Gasteiger partial charge in [0.1, 0.15) is 0 Å². The van der Waals surface area contributed by atoms with Crippen molar-refractivity contribution in [2.75, 3.05) is 38.3 Å². The van der Waals surface area contributed by atoms with Crippen LogP contribution in [0.25, 0.3) is 0 Å². The third-order valence-electron chi connectivity index (χ3n) is 1.89. The molecule has 108 valence electrons. The second-order valence-corrected chi connectivity index (χ2v) is 4.77. The van der Waals surface area contributed by atoms with Crippen LogP contribution in [0.4, 0.5) is 0 Å². The largest absolute Gasteiger partial charge is 0.383 e. The summed E-state index contributed by atoms with van der Waals surface area (Å²) in [6.45, 7) is 10.2. The van der Waals surface area contributed by atoms with Crippen LogP contribution in [0.2, 0.25) is 0 Å². The number of halogens is 1. The van der Waals surface area contributed by atoms with E-state index in [9.17, 15) is 0 Å². The van der Waals surface area contributed by atoms with E-state index in [2.05, 4.69) is 36.1 Å². The fourth-order valence-electron chi connectivity index (χ4n) is 1.23. The molecule has 1 atom stereocenters. The molecule has 0 fully saturated rings. The topological polar surface area (TPSA) is 45.7 Å². The van der Waals surface area contributed by atoms with Crippen molar-refractivity contribution in [3.8, 4) is 0 Å². The normalized spacial score (nSPS) is 12.5. The number of aliphatic imine (C=N–C) groups is 1. The van der Waals surface area contributed by atoms with Gasteiger partial charge in [0.25, 0.3) is 0 Å². The van der Waals surface area contributed by atoms with Gasteiger partial charge in [-0.3, -0.25) is 4.99 Å². The quantitative estimate of drug-likeness (QED) is 0.209. The van der Waals surface area contributed by atoms with E-state index >= 15 is 0 Å². The lowest BCUT2D eigenvalue weighted by Gasteiger charge is -2.16. The number of thioether (sulfide) groups is 1. The van der Waals surface area contributed by atoms with E-state index in [4.69, 9.17) is 4.74 Å². The van der Waals surface area contributed by atoms with Crippen molar-refractivity contribution in [3.63, 3.8) is 0 Å². The maximum atomic E-state index is 5.08. The van der Waals surface area contributed by atoms with Crippen LogP contribution in [-0.2, 0) is 4.74 Å². The van der Waals surface area contributed by atoms with Crippen molar-refractivity contribution in [2.24, 2.45) is 4.99 Å². The molecule has 0 aliphatic rings. The Kier molecular flexibility index (Phi) is 17.1. The van der Waals surface area contributed by atoms with Crippen LogP contribution in [0, 0.1) is 0 Å². The van der Waals surface area contributed by atoms with E-state index in [1.807, 2.05) is 17.8 Å². The van der Waals surface area contributed by atoms with Crippen molar-refractivity contribution < 1.29 is 4.74 Å². The second kappa shape index (κ2) is 15.1. The van der Waals surface area contributed by atoms with Crippen molar-refractivity contribution in [1.82, 2.24) is 10.6 Å². The molecule has 0 saturated carbocycles. The van der Waals surface area contributed by atoms with Crippen LogP contribution in [-0.4, -0.2) is 50.3 Å². The Bertz CT molecular complexity index is 227. The van der Waals surface area contributed by atoms with Crippen LogP contribution in [0.15, 0.2) is 17.6 Å². The standard InChI is InChI=1S/C12H25N3OS.HI/c1-5-8-17-9-7-14-12(13-6-2)15-11(3)10-16-4;/h5,11H,1,6-10H2,2-4H3,(H2,13,14,15);1H. The summed E-state index contributed by atoms with van der Waals surface area (Å²) in [4.78, 5) is 4.49. The molecule has 0 aliphatic carbocycles. The number of hydrogen-bond donors (Lipinski definition) is 2. The Hall–Kier alpha value is 0.0500. The van der Waals surface area contributed by atoms with E-state index in [1.165, 1.54) is 0 Å². The summed E-state index contributed by atoms with van der Waals surface area (Å²) in [5, 5.41) is 6.51. The Morgan fingerprint density at radius 1 is 1.56 bits per heavy atom. The molecule has 0 bridgehead atoms. The van der Waals surface area contributed by atoms with Gasteiger partial charge in [-0.15, -0.1) is 30.6 Å². The number of ether oxygens (including phenoxy) is 1. The molecule has 2 N–H and O–H groups in total. The van der Waals surface area contributed by atoms with E-state index in [0.717, 1.165) is 30.6 Å². The molecule has 0 amide bonds. The molecule has 18 heavy (non-hydrogen) atoms. The van der Waals surface area contributed by atoms with Crippen LogP contribution in [0.3, 0.4) is 0 Å². The molecular weight excluding hydrogens is 361 g/mol. The molecule has 0 aromatic heterocycles. The summed E-state index contributed by atoms with van der Waals surface area (Å²) in [5.41, 5.74) is 0. The molecule has 0 heterocycles. The van der Waals surface area contributed by atoms with Gasteiger partial charge >= 0.3 is 0 Å². The lowest BCUT2D eigenvalue weighted by Crippen LogP contribution is -2.44. The predicted octanol–water partition coefficient (Wildman–Crippen LogP) is 2.11. The molecule has 0 radical (unpaired) electrons. The monoisotopic (exact) mass is 387 g/mol. The summed E-state index contributed by atoms with van der Waals surface area (Å²) >= 11 is 1.84. The Morgan fingerprint density at radius 2 is 2.28 bits per heavy atom. The number of nitrogens with one attached hydrogen (secondary N) is 2. The van der Waals surface area contributed by atoms with E-state index in [0.29, 0.717) is 6.61 Å². The van der Waals surface area contributed by atoms with E-state index in [-0.39, 0.29) is 30.0 Å². The number of hydrogen-bond acceptors (Lipinski definition) is 3. The zero-order chi connectivity index (χ0) is 12.9. The van der Waals surface area contributed by atoms with Crippen LogP contribution >= 0.6 is 35.7 Å². The van der Waals surface area contributed by atoms with Gasteiger partial charge in [-0.1, -0.05) is 6.08 Å². The maximum Gasteiger partial charge on any atom is 0.191 e. The summed E-state index contributed by atoms with van der Waals surface area (Å²) < 4.78 is 5.08. The van der Waals surface area contributed by atoms with Gasteiger partial charge in [0, 0.05) is 31.2 Å². The zero-order valence-corrected chi connectivity index (χ0v) is 14.7. The van der Waals surface area contributed by atoms with Crippen molar-refractivity contribution in [3.05, 3.63) is 12.7 Å². The number of guanidine groups is 1. The molecule has 0 saturated heterocycles. The van der Waals surface area contributed by atoms with Gasteiger partial charge < -0.3 is 15.4 Å². The van der Waals surface area contributed by atoms with Gasteiger partial charge in [0.05, 0.1) is 13.2 Å². The molecule has 0 aromatic carbocycles. The van der Waals surface area contributed by atoms with Crippen molar-refractivity contribution >= 4 is 41.7 Å². The number of methoxy groups -OCH3 is 1. The molecule has 0 rings (SSSR count). The van der Waals surface area contributed by atoms with Gasteiger partial charge in [0.2, 0.25) is 0 Å². The molecular formula is C12H26IN3OS. The first kappa shape index (κ1) is 20.4. The average Bonchev–Trinajstić information content (AvgIpc) is 2.29. The van der Waals surface area contributed by atoms with Gasteiger partial charge in [-0.05, 0) is 13.8 Å². The highest BCUT2D eigenvalue weighted by atomic mass is 127. The molecule has 6 heteroatoms. The van der Waals surface area contributed by atoms with Gasteiger partial charge in [-0.2, -0.15) is 11.8 Å². The van der Waals surface area contributed by atoms with Gasteiger partial charge in [0.15, 0.2) is 5.96 Å². The fraction of sp³-hybridized carbons (Fsp3) is 0.750. The predicted molar refractivity (Wildman–Crippen MR) is 93.4 cm³/mol. The third kappa shape index (κ3) is 12.5. The Labute approximate surface area is 132 Å². The van der Waals surface area contributed by atoms with Crippen molar-refractivity contribution in [2.45, 2.75) is 19.9 Å². The lowest BCUT2D eigenvalue weighted by molar-refractivity contribution is 0.179. The second-order valence-electron chi connectivity index (χ2n) is 3.62. The fourth-order valence-corrected chi connectivity index (χ4v) is 1.79. The van der Waals surface area contributed by atoms with E-state index in [1.54, 1.807) is 7.11 Å². The SMILES string of the molecule is C=CCSCCN=C(NCC)NC(C)COC.I. The number of rotatable bonds is 9. The smallest absolute Gasteiger partial charge is 0.191 e. The van der Waals surface area contributed by atoms with E-state index < -0.39 is 0 Å². The number of nitrogens with zero attached hydrogens (tertiary/aromatic N) is 1. The molecule has 0 aromatic rings. The minimum atomic E-state index is 0. The summed E-state index contributed by atoms with van der Waals surface area (Å²) in [7, 11) is 1.70. The highest BCUT2D eigenvalue weighted by Gasteiger charge is 2.03. The average molecular weight is 387 g/mol. The summed E-state index contributed by atoms with van der Waals surface area (Å²) in [6.07, 6.45) is 1.92. The molecule has 0 spiro atoms. The minimum absolute atomic E-state index is 0. The maximum absolute atomic E-state index is 5.08. The van der Waals surface area contributed by atoms with Crippen LogP contribution in [0.1, 0.15) is 13.8 Å². The first-order valence-electron chi connectivity index (χ1n) is 5.97. The summed E-state index contributed by atoms with van der Waals surface area (Å²) in [5.74, 6) is 2.86. The third-order valence-corrected chi connectivity index (χ3v) is 2.83. The first-order valence-corrected chi connectivity index (χ1v) is 7.12. The van der Waals surface area contributed by atoms with Crippen LogP contribution in [0.5, 0.6) is 0 Å². The highest BCUT2D eigenvalue weighted by molar-refractivity contribution is 14.0. The minimum Gasteiger partial charge on any atom is -0.383 e. The zero-order valence-electron chi connectivity index (χ0n) is 11.6. The molecule has 1 unspecified atom stereocenters. The Morgan fingerprint density at radius 3 is 2.83 bits per heavy atom.